The molecule has 0 saturated carbocycles. The van der Waals surface area contributed by atoms with Crippen molar-refractivity contribution in [1.29, 1.82) is 0 Å². The molecule has 0 saturated heterocycles. The highest BCUT2D eigenvalue weighted by molar-refractivity contribution is 6.11. The number of methoxy groups -OCH3 is 1. The maximum Gasteiger partial charge on any atom is 0.135 e. The van der Waals surface area contributed by atoms with E-state index in [-0.39, 0.29) is 0 Å². The molecule has 0 aliphatic heterocycles. The van der Waals surface area contributed by atoms with Gasteiger partial charge in [-0.25, -0.2) is 0 Å². The third kappa shape index (κ3) is 8.32. The minimum Gasteiger partial charge on any atom is -0.497 e. The molecule has 3 nitrogen and oxygen atoms in total. The van der Waals surface area contributed by atoms with Gasteiger partial charge in [-0.2, -0.15) is 0 Å². The molecule has 0 N–H and O–H groups in total. The summed E-state index contributed by atoms with van der Waals surface area (Å²) in [5.41, 5.74) is 0. The second-order valence-electron chi connectivity index (χ2n) is 10.1. The number of hydrogen-bond donors (Lipinski definition) is 0. The van der Waals surface area contributed by atoms with Gasteiger partial charge in [0.1, 0.15) is 17.2 Å². The average molecular weight is 493 g/mol. The summed E-state index contributed by atoms with van der Waals surface area (Å²) in [6, 6.07) is 14.8. The summed E-state index contributed by atoms with van der Waals surface area (Å²) in [7, 11) is 1.72. The Morgan fingerprint density at radius 2 is 0.944 bits per heavy atom. The average Bonchev–Trinajstić information content (AvgIpc) is 2.91. The molecule has 3 rings (SSSR count). The molecule has 0 fully saturated rings. The van der Waals surface area contributed by atoms with Crippen molar-refractivity contribution in [1.82, 2.24) is 0 Å². The smallest absolute Gasteiger partial charge is 0.135 e. The first kappa shape index (κ1) is 28.2. The summed E-state index contributed by atoms with van der Waals surface area (Å²) in [4.78, 5) is 0. The number of hydrogen-bond acceptors (Lipinski definition) is 3. The standard InChI is InChI=1S/C33H48O3/c1-4-6-8-10-12-14-18-24-35-32-28-20-16-17-21-29(28)33(31-26-27(34-3)22-23-30(31)32)36-25-19-15-13-11-9-7-5-2/h16-17,20-23,26H,4-15,18-19,24-25H2,1-3H3. The molecular weight excluding hydrogens is 444 g/mol. The van der Waals surface area contributed by atoms with E-state index in [1.54, 1.807) is 7.11 Å². The Balaban J connectivity index is 1.73. The zero-order valence-corrected chi connectivity index (χ0v) is 23.1. The van der Waals surface area contributed by atoms with Crippen LogP contribution in [-0.4, -0.2) is 20.3 Å². The lowest BCUT2D eigenvalue weighted by atomic mass is 10.00. The Labute approximate surface area is 219 Å². The van der Waals surface area contributed by atoms with Crippen molar-refractivity contribution in [3.63, 3.8) is 0 Å². The number of rotatable bonds is 19. The predicted molar refractivity (Wildman–Crippen MR) is 155 cm³/mol. The van der Waals surface area contributed by atoms with Gasteiger partial charge in [-0.05, 0) is 31.0 Å². The molecule has 0 unspecified atom stereocenters. The van der Waals surface area contributed by atoms with Crippen molar-refractivity contribution in [2.75, 3.05) is 20.3 Å². The van der Waals surface area contributed by atoms with Gasteiger partial charge in [-0.3, -0.25) is 0 Å². The van der Waals surface area contributed by atoms with Gasteiger partial charge < -0.3 is 14.2 Å². The fourth-order valence-corrected chi connectivity index (χ4v) is 4.98. The van der Waals surface area contributed by atoms with Gasteiger partial charge in [0.25, 0.3) is 0 Å². The molecule has 0 aromatic heterocycles. The molecule has 36 heavy (non-hydrogen) atoms. The van der Waals surface area contributed by atoms with Crippen LogP contribution < -0.4 is 14.2 Å². The Hall–Kier alpha value is -2.42. The third-order valence-electron chi connectivity index (χ3n) is 7.12. The van der Waals surface area contributed by atoms with Crippen LogP contribution in [0.5, 0.6) is 17.2 Å². The van der Waals surface area contributed by atoms with Gasteiger partial charge in [0.2, 0.25) is 0 Å². The van der Waals surface area contributed by atoms with E-state index in [9.17, 15) is 0 Å². The molecule has 3 aromatic rings. The van der Waals surface area contributed by atoms with Gasteiger partial charge in [-0.15, -0.1) is 0 Å². The largest absolute Gasteiger partial charge is 0.497 e. The highest BCUT2D eigenvalue weighted by atomic mass is 16.5. The first-order chi connectivity index (χ1) is 17.8. The van der Waals surface area contributed by atoms with Crippen LogP contribution in [0.1, 0.15) is 104 Å². The van der Waals surface area contributed by atoms with E-state index in [1.807, 2.05) is 6.07 Å². The Morgan fingerprint density at radius 1 is 0.500 bits per heavy atom. The monoisotopic (exact) mass is 492 g/mol. The Morgan fingerprint density at radius 3 is 1.44 bits per heavy atom. The number of fused-ring (bicyclic) bond motifs is 2. The van der Waals surface area contributed by atoms with Crippen LogP contribution in [0.25, 0.3) is 21.5 Å². The summed E-state index contributed by atoms with van der Waals surface area (Å²) < 4.78 is 18.6. The van der Waals surface area contributed by atoms with E-state index in [4.69, 9.17) is 14.2 Å². The van der Waals surface area contributed by atoms with E-state index < -0.39 is 0 Å². The van der Waals surface area contributed by atoms with E-state index in [0.717, 1.165) is 64.8 Å². The second kappa shape index (κ2) is 16.3. The molecule has 0 bridgehead atoms. The zero-order chi connectivity index (χ0) is 25.4. The maximum absolute atomic E-state index is 6.49. The van der Waals surface area contributed by atoms with Crippen LogP contribution in [-0.2, 0) is 0 Å². The van der Waals surface area contributed by atoms with E-state index in [0.29, 0.717) is 0 Å². The Kier molecular flexibility index (Phi) is 12.8. The summed E-state index contributed by atoms with van der Waals surface area (Å²) in [6.07, 6.45) is 17.9. The number of benzene rings is 3. The van der Waals surface area contributed by atoms with Crippen molar-refractivity contribution in [2.45, 2.75) is 104 Å². The third-order valence-corrected chi connectivity index (χ3v) is 7.12. The van der Waals surface area contributed by atoms with Gasteiger partial charge in [0.15, 0.2) is 0 Å². The zero-order valence-electron chi connectivity index (χ0n) is 23.1. The maximum atomic E-state index is 6.49. The van der Waals surface area contributed by atoms with Crippen LogP contribution in [0.4, 0.5) is 0 Å². The van der Waals surface area contributed by atoms with Gasteiger partial charge in [-0.1, -0.05) is 115 Å². The van der Waals surface area contributed by atoms with Crippen molar-refractivity contribution >= 4 is 21.5 Å². The van der Waals surface area contributed by atoms with Crippen molar-refractivity contribution in [3.8, 4) is 17.2 Å². The second-order valence-corrected chi connectivity index (χ2v) is 10.1. The predicted octanol–water partition coefficient (Wildman–Crippen LogP) is 10.3. The van der Waals surface area contributed by atoms with E-state index in [2.05, 4.69) is 50.2 Å². The molecule has 3 heteroatoms. The van der Waals surface area contributed by atoms with E-state index >= 15 is 0 Å². The molecule has 0 aliphatic carbocycles. The highest BCUT2D eigenvalue weighted by Gasteiger charge is 2.17. The highest BCUT2D eigenvalue weighted by Crippen LogP contribution is 2.44. The molecule has 0 radical (unpaired) electrons. The topological polar surface area (TPSA) is 27.7 Å². The van der Waals surface area contributed by atoms with Crippen LogP contribution >= 0.6 is 0 Å². The summed E-state index contributed by atoms with van der Waals surface area (Å²) in [6.45, 7) is 6.02. The fraction of sp³-hybridized carbons (Fsp3) is 0.576. The SMILES string of the molecule is CCCCCCCCCOc1c2ccccc2c(OCCCCCCCCC)c2cc(OC)ccc12. The molecule has 0 atom stereocenters. The lowest BCUT2D eigenvalue weighted by Crippen LogP contribution is -2.02. The molecule has 0 spiro atoms. The first-order valence-corrected chi connectivity index (χ1v) is 14.6. The van der Waals surface area contributed by atoms with Crippen molar-refractivity contribution < 1.29 is 14.2 Å². The van der Waals surface area contributed by atoms with E-state index in [1.165, 1.54) is 77.0 Å². The first-order valence-electron chi connectivity index (χ1n) is 14.6. The number of unbranched alkanes of at least 4 members (excludes halogenated alkanes) is 12. The lowest BCUT2D eigenvalue weighted by Gasteiger charge is -2.18. The normalized spacial score (nSPS) is 11.3. The summed E-state index contributed by atoms with van der Waals surface area (Å²) >= 11 is 0. The molecule has 198 valence electrons. The van der Waals surface area contributed by atoms with Crippen molar-refractivity contribution in [3.05, 3.63) is 42.5 Å². The van der Waals surface area contributed by atoms with Crippen LogP contribution in [0.3, 0.4) is 0 Å². The minimum absolute atomic E-state index is 0.738. The summed E-state index contributed by atoms with van der Waals surface area (Å²) in [5, 5.41) is 4.43. The summed E-state index contributed by atoms with van der Waals surface area (Å²) in [5.74, 6) is 2.77. The van der Waals surface area contributed by atoms with Crippen LogP contribution in [0.15, 0.2) is 42.5 Å². The lowest BCUT2D eigenvalue weighted by molar-refractivity contribution is 0.306. The molecule has 0 amide bonds. The fourth-order valence-electron chi connectivity index (χ4n) is 4.98. The minimum atomic E-state index is 0.738. The number of ether oxygens (including phenoxy) is 3. The van der Waals surface area contributed by atoms with Gasteiger partial charge in [0.05, 0.1) is 20.3 Å². The Bertz CT molecular complexity index is 1030. The van der Waals surface area contributed by atoms with Crippen LogP contribution in [0, 0.1) is 0 Å². The quantitative estimate of drug-likeness (QED) is 0.123. The molecular formula is C33H48O3. The molecule has 0 heterocycles. The van der Waals surface area contributed by atoms with Gasteiger partial charge >= 0.3 is 0 Å². The van der Waals surface area contributed by atoms with Crippen LogP contribution in [0.2, 0.25) is 0 Å². The molecule has 0 aliphatic rings. The van der Waals surface area contributed by atoms with Crippen molar-refractivity contribution in [2.24, 2.45) is 0 Å². The van der Waals surface area contributed by atoms with Gasteiger partial charge in [0, 0.05) is 21.5 Å². The molecule has 3 aromatic carbocycles.